The summed E-state index contributed by atoms with van der Waals surface area (Å²) >= 11 is 5.03. The van der Waals surface area contributed by atoms with Gasteiger partial charge in [-0.25, -0.2) is 0 Å². The Morgan fingerprint density at radius 2 is 1.59 bits per heavy atom. The van der Waals surface area contributed by atoms with Crippen LogP contribution in [0, 0.1) is 0 Å². The number of aliphatic hydroxyl groups is 3. The van der Waals surface area contributed by atoms with E-state index in [-0.39, 0.29) is 5.11 Å². The van der Waals surface area contributed by atoms with Crippen LogP contribution in [0.4, 0.5) is 5.69 Å². The Bertz CT molecular complexity index is 347. The van der Waals surface area contributed by atoms with Gasteiger partial charge in [-0.3, -0.25) is 0 Å². The molecular weight excluding hydrogens is 240 g/mol. The van der Waals surface area contributed by atoms with Crippen LogP contribution in [0.2, 0.25) is 0 Å². The van der Waals surface area contributed by atoms with Crippen LogP contribution in [0.25, 0.3) is 0 Å². The summed E-state index contributed by atoms with van der Waals surface area (Å²) in [7, 11) is 0. The third-order valence-corrected chi connectivity index (χ3v) is 2.52. The first kappa shape index (κ1) is 13.9. The van der Waals surface area contributed by atoms with Crippen molar-refractivity contribution in [3.63, 3.8) is 0 Å². The summed E-state index contributed by atoms with van der Waals surface area (Å²) in [6.07, 6.45) is 0. The van der Waals surface area contributed by atoms with Gasteiger partial charge in [-0.05, 0) is 24.4 Å². The lowest BCUT2D eigenvalue weighted by atomic mass is 10.0. The zero-order valence-corrected chi connectivity index (χ0v) is 10.1. The van der Waals surface area contributed by atoms with Crippen LogP contribution < -0.4 is 10.6 Å². The van der Waals surface area contributed by atoms with Gasteiger partial charge in [0, 0.05) is 5.69 Å². The molecule has 0 amide bonds. The summed E-state index contributed by atoms with van der Waals surface area (Å²) in [4.78, 5) is 0. The largest absolute Gasteiger partial charge is 0.394 e. The lowest BCUT2D eigenvalue weighted by Crippen LogP contribution is -2.58. The van der Waals surface area contributed by atoms with Gasteiger partial charge in [0.05, 0.1) is 19.8 Å². The third-order valence-electron chi connectivity index (χ3n) is 2.32. The Morgan fingerprint density at radius 3 is 2.06 bits per heavy atom. The maximum Gasteiger partial charge on any atom is 0.171 e. The van der Waals surface area contributed by atoms with Crippen LogP contribution in [-0.2, 0) is 0 Å². The average molecular weight is 256 g/mol. The van der Waals surface area contributed by atoms with Crippen molar-refractivity contribution in [2.75, 3.05) is 25.1 Å². The summed E-state index contributed by atoms with van der Waals surface area (Å²) in [6, 6.07) is 9.23. The first-order valence-electron chi connectivity index (χ1n) is 5.12. The molecule has 0 atom stereocenters. The number of rotatable bonds is 5. The highest BCUT2D eigenvalue weighted by Crippen LogP contribution is 2.07. The summed E-state index contributed by atoms with van der Waals surface area (Å²) in [5.41, 5.74) is -0.425. The van der Waals surface area contributed by atoms with E-state index in [0.29, 0.717) is 0 Å². The van der Waals surface area contributed by atoms with Gasteiger partial charge in [-0.2, -0.15) is 0 Å². The van der Waals surface area contributed by atoms with Crippen molar-refractivity contribution in [1.29, 1.82) is 0 Å². The fourth-order valence-electron chi connectivity index (χ4n) is 1.19. The number of nitrogens with one attached hydrogen (secondary N) is 2. The van der Waals surface area contributed by atoms with E-state index in [1.807, 2.05) is 30.3 Å². The molecule has 6 heteroatoms. The Morgan fingerprint density at radius 1 is 1.06 bits per heavy atom. The topological polar surface area (TPSA) is 84.8 Å². The van der Waals surface area contributed by atoms with Gasteiger partial charge in [0.15, 0.2) is 5.11 Å². The Kier molecular flexibility index (Phi) is 5.30. The highest BCUT2D eigenvalue weighted by molar-refractivity contribution is 7.80. The predicted molar refractivity (Wildman–Crippen MR) is 69.8 cm³/mol. The molecule has 0 aromatic heterocycles. The normalized spacial score (nSPS) is 11.0. The van der Waals surface area contributed by atoms with E-state index in [1.54, 1.807) is 0 Å². The van der Waals surface area contributed by atoms with Gasteiger partial charge in [0.25, 0.3) is 0 Å². The van der Waals surface area contributed by atoms with Crippen LogP contribution in [-0.4, -0.2) is 45.8 Å². The molecule has 0 radical (unpaired) electrons. The summed E-state index contributed by atoms with van der Waals surface area (Å²) in [6.45, 7) is -1.26. The lowest BCUT2D eigenvalue weighted by Gasteiger charge is -2.30. The highest BCUT2D eigenvalue weighted by atomic mass is 32.1. The molecule has 1 rings (SSSR count). The van der Waals surface area contributed by atoms with Crippen LogP contribution in [0.15, 0.2) is 30.3 Å². The molecule has 0 saturated heterocycles. The Hall–Kier alpha value is -1.21. The summed E-state index contributed by atoms with van der Waals surface area (Å²) < 4.78 is 0. The van der Waals surface area contributed by atoms with Gasteiger partial charge in [-0.15, -0.1) is 0 Å². The van der Waals surface area contributed by atoms with Crippen molar-refractivity contribution in [1.82, 2.24) is 5.32 Å². The van der Waals surface area contributed by atoms with Crippen LogP contribution in [0.5, 0.6) is 0 Å². The molecule has 0 spiro atoms. The van der Waals surface area contributed by atoms with E-state index in [4.69, 9.17) is 27.5 Å². The molecule has 1 aromatic carbocycles. The maximum atomic E-state index is 9.12. The van der Waals surface area contributed by atoms with Crippen LogP contribution in [0.3, 0.4) is 0 Å². The molecule has 1 aromatic rings. The van der Waals surface area contributed by atoms with Crippen molar-refractivity contribution in [2.45, 2.75) is 5.54 Å². The smallest absolute Gasteiger partial charge is 0.171 e. The number of thiocarbonyl (C=S) groups is 1. The quantitative estimate of drug-likeness (QED) is 0.465. The SMILES string of the molecule is OCC(CO)(CO)NC(=S)Nc1ccccc1. The number of hydrogen-bond donors (Lipinski definition) is 5. The molecule has 0 unspecified atom stereocenters. The maximum absolute atomic E-state index is 9.12. The summed E-state index contributed by atoms with van der Waals surface area (Å²) in [5.74, 6) is 0. The number of benzene rings is 1. The molecule has 17 heavy (non-hydrogen) atoms. The Balaban J connectivity index is 2.60. The van der Waals surface area contributed by atoms with Gasteiger partial charge in [0.2, 0.25) is 0 Å². The molecule has 0 aliphatic heterocycles. The molecule has 5 nitrogen and oxygen atoms in total. The molecular formula is C11H16N2O3S. The minimum Gasteiger partial charge on any atom is -0.394 e. The number of para-hydroxylation sites is 1. The fraction of sp³-hybridized carbons (Fsp3) is 0.364. The molecule has 94 valence electrons. The number of anilines is 1. The molecule has 0 aliphatic rings. The molecule has 0 bridgehead atoms. The second-order valence-corrected chi connectivity index (χ2v) is 4.11. The zero-order chi connectivity index (χ0) is 12.7. The average Bonchev–Trinajstić information content (AvgIpc) is 2.37. The van der Waals surface area contributed by atoms with E-state index in [1.165, 1.54) is 0 Å². The van der Waals surface area contributed by atoms with Gasteiger partial charge < -0.3 is 26.0 Å². The van der Waals surface area contributed by atoms with Crippen molar-refractivity contribution in [3.8, 4) is 0 Å². The lowest BCUT2D eigenvalue weighted by molar-refractivity contribution is 0.0563. The fourth-order valence-corrected chi connectivity index (χ4v) is 1.53. The van der Waals surface area contributed by atoms with Crippen molar-refractivity contribution in [2.24, 2.45) is 0 Å². The molecule has 0 heterocycles. The second-order valence-electron chi connectivity index (χ2n) is 3.70. The molecule has 5 N–H and O–H groups in total. The number of hydrogen-bond acceptors (Lipinski definition) is 4. The van der Waals surface area contributed by atoms with Crippen LogP contribution >= 0.6 is 12.2 Å². The zero-order valence-electron chi connectivity index (χ0n) is 9.26. The van der Waals surface area contributed by atoms with E-state index in [0.717, 1.165) is 5.69 Å². The van der Waals surface area contributed by atoms with Crippen molar-refractivity contribution >= 4 is 23.0 Å². The first-order chi connectivity index (χ1) is 8.15. The van der Waals surface area contributed by atoms with E-state index >= 15 is 0 Å². The van der Waals surface area contributed by atoms with E-state index < -0.39 is 25.4 Å². The van der Waals surface area contributed by atoms with E-state index in [9.17, 15) is 0 Å². The Labute approximate surface area is 105 Å². The van der Waals surface area contributed by atoms with Gasteiger partial charge >= 0.3 is 0 Å². The predicted octanol–water partition coefficient (Wildman–Crippen LogP) is -0.311. The molecule has 0 saturated carbocycles. The molecule has 0 aliphatic carbocycles. The highest BCUT2D eigenvalue weighted by Gasteiger charge is 2.28. The minimum absolute atomic E-state index is 0.230. The second kappa shape index (κ2) is 6.51. The minimum atomic E-state index is -1.21. The standard InChI is InChI=1S/C11H16N2O3S/c14-6-11(7-15,8-16)13-10(17)12-9-4-2-1-3-5-9/h1-5,14-16H,6-8H2,(H2,12,13,17). The van der Waals surface area contributed by atoms with Crippen molar-refractivity contribution < 1.29 is 15.3 Å². The van der Waals surface area contributed by atoms with E-state index in [2.05, 4.69) is 10.6 Å². The third kappa shape index (κ3) is 3.94. The first-order valence-corrected chi connectivity index (χ1v) is 5.53. The molecule has 0 fully saturated rings. The van der Waals surface area contributed by atoms with Gasteiger partial charge in [0.1, 0.15) is 5.54 Å². The van der Waals surface area contributed by atoms with Crippen molar-refractivity contribution in [3.05, 3.63) is 30.3 Å². The summed E-state index contributed by atoms with van der Waals surface area (Å²) in [5, 5.41) is 33.2. The van der Waals surface area contributed by atoms with Gasteiger partial charge in [-0.1, -0.05) is 18.2 Å². The number of aliphatic hydroxyl groups excluding tert-OH is 3. The monoisotopic (exact) mass is 256 g/mol. The van der Waals surface area contributed by atoms with Crippen LogP contribution in [0.1, 0.15) is 0 Å².